The van der Waals surface area contributed by atoms with E-state index in [4.69, 9.17) is 9.47 Å². The van der Waals surface area contributed by atoms with Crippen molar-refractivity contribution in [2.24, 2.45) is 0 Å². The molecule has 2 rings (SSSR count). The summed E-state index contributed by atoms with van der Waals surface area (Å²) in [7, 11) is 0. The minimum atomic E-state index is -0.420. The van der Waals surface area contributed by atoms with Gasteiger partial charge in [0.25, 0.3) is 5.56 Å². The van der Waals surface area contributed by atoms with Crippen molar-refractivity contribution in [3.8, 4) is 17.2 Å². The first-order valence-corrected chi connectivity index (χ1v) is 8.82. The first-order chi connectivity index (χ1) is 11.7. The number of ether oxygens (including phenoxy) is 2. The van der Waals surface area contributed by atoms with Crippen molar-refractivity contribution >= 4 is 10.9 Å². The van der Waals surface area contributed by atoms with Gasteiger partial charge in [0.2, 0.25) is 5.75 Å². The number of pyridine rings is 1. The van der Waals surface area contributed by atoms with Crippen molar-refractivity contribution in [3.05, 3.63) is 28.6 Å². The van der Waals surface area contributed by atoms with E-state index < -0.39 is 5.56 Å². The van der Waals surface area contributed by atoms with Crippen LogP contribution in [0.1, 0.15) is 52.4 Å². The molecule has 0 amide bonds. The fourth-order valence-electron chi connectivity index (χ4n) is 2.50. The van der Waals surface area contributed by atoms with Crippen molar-refractivity contribution in [1.82, 2.24) is 4.98 Å². The molecule has 2 N–H and O–H groups in total. The number of benzene rings is 1. The van der Waals surface area contributed by atoms with E-state index in [0.717, 1.165) is 25.7 Å². The van der Waals surface area contributed by atoms with Gasteiger partial charge in [-0.1, -0.05) is 39.5 Å². The molecule has 0 aliphatic carbocycles. The summed E-state index contributed by atoms with van der Waals surface area (Å²) in [5.74, 6) is 0.567. The van der Waals surface area contributed by atoms with E-state index in [9.17, 15) is 9.90 Å². The molecule has 24 heavy (non-hydrogen) atoms. The Hall–Kier alpha value is -2.17. The van der Waals surface area contributed by atoms with E-state index in [-0.39, 0.29) is 11.5 Å². The van der Waals surface area contributed by atoms with Crippen LogP contribution >= 0.6 is 0 Å². The fraction of sp³-hybridized carbons (Fsp3) is 0.526. The van der Waals surface area contributed by atoms with Crippen LogP contribution in [0, 0.1) is 0 Å². The monoisotopic (exact) mass is 333 g/mol. The van der Waals surface area contributed by atoms with Gasteiger partial charge in [-0.05, 0) is 25.0 Å². The summed E-state index contributed by atoms with van der Waals surface area (Å²) < 4.78 is 11.1. The van der Waals surface area contributed by atoms with Crippen molar-refractivity contribution in [3.63, 3.8) is 0 Å². The first kappa shape index (κ1) is 18.2. The maximum absolute atomic E-state index is 12.1. The Morgan fingerprint density at radius 2 is 1.75 bits per heavy atom. The molecule has 0 spiro atoms. The molecule has 0 unspecified atom stereocenters. The summed E-state index contributed by atoms with van der Waals surface area (Å²) in [4.78, 5) is 14.9. The average molecular weight is 333 g/mol. The Kier molecular flexibility index (Phi) is 6.97. The third kappa shape index (κ3) is 4.66. The fourth-order valence-corrected chi connectivity index (χ4v) is 2.50. The van der Waals surface area contributed by atoms with E-state index in [1.807, 2.05) is 6.92 Å². The molecule has 132 valence electrons. The van der Waals surface area contributed by atoms with Crippen LogP contribution in [0.4, 0.5) is 0 Å². The molecule has 5 heteroatoms. The average Bonchev–Trinajstić information content (AvgIpc) is 2.57. The highest BCUT2D eigenvalue weighted by molar-refractivity contribution is 5.87. The summed E-state index contributed by atoms with van der Waals surface area (Å²) in [6, 6.07) is 5.29. The number of aromatic hydroxyl groups is 1. The molecule has 0 radical (unpaired) electrons. The molecule has 0 saturated carbocycles. The molecule has 0 aliphatic rings. The van der Waals surface area contributed by atoms with Gasteiger partial charge in [0.15, 0.2) is 5.75 Å². The zero-order valence-corrected chi connectivity index (χ0v) is 14.6. The van der Waals surface area contributed by atoms with Crippen LogP contribution in [0.5, 0.6) is 17.2 Å². The number of hydrogen-bond acceptors (Lipinski definition) is 4. The van der Waals surface area contributed by atoms with Gasteiger partial charge in [0, 0.05) is 11.5 Å². The van der Waals surface area contributed by atoms with Gasteiger partial charge in [-0.25, -0.2) is 0 Å². The van der Waals surface area contributed by atoms with Gasteiger partial charge in [-0.15, -0.1) is 0 Å². The number of aromatic amines is 1. The lowest BCUT2D eigenvalue weighted by atomic mass is 10.2. The van der Waals surface area contributed by atoms with E-state index in [1.54, 1.807) is 18.2 Å². The highest BCUT2D eigenvalue weighted by Crippen LogP contribution is 2.32. The number of unbranched alkanes of at least 4 members (excludes halogenated alkanes) is 4. The second-order valence-corrected chi connectivity index (χ2v) is 5.95. The predicted octanol–water partition coefficient (Wildman–Crippen LogP) is 4.37. The second-order valence-electron chi connectivity index (χ2n) is 5.95. The Balaban J connectivity index is 2.12. The topological polar surface area (TPSA) is 71.5 Å². The maximum Gasteiger partial charge on any atom is 0.294 e. The number of hydrogen-bond donors (Lipinski definition) is 2. The molecule has 0 fully saturated rings. The van der Waals surface area contributed by atoms with Crippen LogP contribution in [0.3, 0.4) is 0 Å². The molecule has 0 saturated heterocycles. The third-order valence-electron chi connectivity index (χ3n) is 3.93. The number of aromatic nitrogens is 1. The summed E-state index contributed by atoms with van der Waals surface area (Å²) in [5.41, 5.74) is 0.127. The number of nitrogens with one attached hydrogen (secondary N) is 1. The van der Waals surface area contributed by atoms with Crippen LogP contribution in [-0.4, -0.2) is 23.3 Å². The molecular weight excluding hydrogens is 306 g/mol. The minimum Gasteiger partial charge on any atom is -0.504 e. The van der Waals surface area contributed by atoms with E-state index in [2.05, 4.69) is 11.9 Å². The second kappa shape index (κ2) is 9.21. The van der Waals surface area contributed by atoms with E-state index in [0.29, 0.717) is 29.9 Å². The van der Waals surface area contributed by atoms with Crippen molar-refractivity contribution in [2.45, 2.75) is 52.4 Å². The number of H-pyrrole nitrogens is 1. The summed E-state index contributed by atoms with van der Waals surface area (Å²) >= 11 is 0. The van der Waals surface area contributed by atoms with Gasteiger partial charge in [-0.3, -0.25) is 4.79 Å². The first-order valence-electron chi connectivity index (χ1n) is 8.82. The molecule has 0 bridgehead atoms. The van der Waals surface area contributed by atoms with Crippen LogP contribution in [0.25, 0.3) is 10.9 Å². The van der Waals surface area contributed by atoms with Gasteiger partial charge in [-0.2, -0.15) is 0 Å². The smallest absolute Gasteiger partial charge is 0.294 e. The summed E-state index contributed by atoms with van der Waals surface area (Å²) in [6.07, 6.45) is 6.37. The zero-order valence-electron chi connectivity index (χ0n) is 14.6. The van der Waals surface area contributed by atoms with Crippen molar-refractivity contribution in [1.29, 1.82) is 0 Å². The minimum absolute atomic E-state index is 0.0100. The Morgan fingerprint density at radius 1 is 1.00 bits per heavy atom. The molecule has 2 aromatic rings. The molecule has 1 heterocycles. The van der Waals surface area contributed by atoms with Gasteiger partial charge in [0.05, 0.1) is 18.7 Å². The lowest BCUT2D eigenvalue weighted by molar-refractivity contribution is 0.290. The van der Waals surface area contributed by atoms with Crippen LogP contribution in [0.15, 0.2) is 23.0 Å². The highest BCUT2D eigenvalue weighted by Gasteiger charge is 2.13. The van der Waals surface area contributed by atoms with Crippen molar-refractivity contribution < 1.29 is 14.6 Å². The largest absolute Gasteiger partial charge is 0.504 e. The van der Waals surface area contributed by atoms with Crippen molar-refractivity contribution in [2.75, 3.05) is 13.2 Å². The third-order valence-corrected chi connectivity index (χ3v) is 3.93. The SMILES string of the molecule is CCCCCCOc1ccc2c(O)c(OCCCC)c(=O)[nH]c2c1. The van der Waals surface area contributed by atoms with Gasteiger partial charge in [0.1, 0.15) is 5.75 Å². The molecule has 0 aliphatic heterocycles. The standard InChI is InChI=1S/C19H27NO4/c1-3-5-7-8-12-23-14-9-10-15-16(13-14)20-19(22)18(17(15)21)24-11-6-4-2/h9-10,13H,3-8,11-12H2,1-2H3,(H2,20,21,22). The van der Waals surface area contributed by atoms with E-state index >= 15 is 0 Å². The number of rotatable bonds is 10. The zero-order chi connectivity index (χ0) is 17.4. The number of fused-ring (bicyclic) bond motifs is 1. The molecular formula is C19H27NO4. The Bertz CT molecular complexity index is 708. The highest BCUT2D eigenvalue weighted by atomic mass is 16.5. The van der Waals surface area contributed by atoms with Crippen LogP contribution in [-0.2, 0) is 0 Å². The maximum atomic E-state index is 12.1. The molecule has 1 aromatic heterocycles. The van der Waals surface area contributed by atoms with E-state index in [1.165, 1.54) is 12.8 Å². The Morgan fingerprint density at radius 3 is 2.50 bits per heavy atom. The quantitative estimate of drug-likeness (QED) is 0.633. The Labute approximate surface area is 142 Å². The van der Waals surface area contributed by atoms with Gasteiger partial charge >= 0.3 is 0 Å². The summed E-state index contributed by atoms with van der Waals surface area (Å²) in [5, 5.41) is 10.9. The normalized spacial score (nSPS) is 10.9. The predicted molar refractivity (Wildman–Crippen MR) is 96.3 cm³/mol. The lowest BCUT2D eigenvalue weighted by Crippen LogP contribution is -2.12. The molecule has 0 atom stereocenters. The molecule has 1 aromatic carbocycles. The van der Waals surface area contributed by atoms with Crippen LogP contribution < -0.4 is 15.0 Å². The van der Waals surface area contributed by atoms with Crippen LogP contribution in [0.2, 0.25) is 0 Å². The summed E-state index contributed by atoms with van der Waals surface area (Å²) in [6.45, 7) is 5.28. The molecule has 5 nitrogen and oxygen atoms in total. The van der Waals surface area contributed by atoms with Gasteiger partial charge < -0.3 is 19.6 Å². The lowest BCUT2D eigenvalue weighted by Gasteiger charge is -2.11.